The van der Waals surface area contributed by atoms with Crippen molar-refractivity contribution in [2.45, 2.75) is 19.8 Å². The largest absolute Gasteiger partial charge is 0.379 e. The highest BCUT2D eigenvalue weighted by atomic mass is 16.5. The van der Waals surface area contributed by atoms with Crippen molar-refractivity contribution in [1.29, 1.82) is 0 Å². The fourth-order valence-corrected chi connectivity index (χ4v) is 3.70. The van der Waals surface area contributed by atoms with Crippen molar-refractivity contribution in [3.63, 3.8) is 0 Å². The van der Waals surface area contributed by atoms with Crippen molar-refractivity contribution < 1.29 is 4.74 Å². The van der Waals surface area contributed by atoms with Crippen LogP contribution in [0.1, 0.15) is 19.8 Å². The molecule has 0 bridgehead atoms. The Morgan fingerprint density at radius 2 is 1.74 bits per heavy atom. The van der Waals surface area contributed by atoms with Gasteiger partial charge in [0.25, 0.3) is 0 Å². The smallest absolute Gasteiger partial charge is 0.194 e. The summed E-state index contributed by atoms with van der Waals surface area (Å²) in [6, 6.07) is 10.7. The van der Waals surface area contributed by atoms with Crippen LogP contribution in [0, 0.1) is 0 Å². The molecule has 0 aromatic heterocycles. The number of aliphatic imine (C=N–C) groups is 1. The van der Waals surface area contributed by atoms with Gasteiger partial charge in [0.1, 0.15) is 0 Å². The van der Waals surface area contributed by atoms with E-state index in [2.05, 4.69) is 57.3 Å². The zero-order chi connectivity index (χ0) is 18.7. The summed E-state index contributed by atoms with van der Waals surface area (Å²) in [5.74, 6) is 1.08. The molecular weight excluding hydrogens is 338 g/mol. The predicted octanol–water partition coefficient (Wildman–Crippen LogP) is 1.89. The summed E-state index contributed by atoms with van der Waals surface area (Å²) >= 11 is 0. The minimum absolute atomic E-state index is 0.887. The topological polar surface area (TPSA) is 43.3 Å². The lowest BCUT2D eigenvalue weighted by Crippen LogP contribution is -2.52. The molecule has 6 nitrogen and oxygen atoms in total. The van der Waals surface area contributed by atoms with Crippen LogP contribution in [0.3, 0.4) is 0 Å². The minimum Gasteiger partial charge on any atom is -0.379 e. The molecule has 0 saturated carbocycles. The lowest BCUT2D eigenvalue weighted by Gasteiger charge is -2.37. The normalized spacial score (nSPS) is 19.4. The molecule has 1 aromatic rings. The molecule has 27 heavy (non-hydrogen) atoms. The molecule has 0 radical (unpaired) electrons. The minimum atomic E-state index is 0.887. The standard InChI is InChI=1S/C21H35N5O/c1-2-22-21(23-10-6-7-11-24-16-18-27-19-17-24)26-14-12-25(13-15-26)20-8-4-3-5-9-20/h3-5,8-9H,2,6-7,10-19H2,1H3,(H,22,23). The summed E-state index contributed by atoms with van der Waals surface area (Å²) in [6.07, 6.45) is 2.36. The number of hydrogen-bond donors (Lipinski definition) is 1. The molecule has 3 rings (SSSR count). The van der Waals surface area contributed by atoms with Crippen LogP contribution in [0.25, 0.3) is 0 Å². The summed E-state index contributed by atoms with van der Waals surface area (Å²) in [5, 5.41) is 3.48. The molecule has 150 valence electrons. The fraction of sp³-hybridized carbons (Fsp3) is 0.667. The molecule has 0 amide bonds. The zero-order valence-corrected chi connectivity index (χ0v) is 16.8. The van der Waals surface area contributed by atoms with Crippen molar-refractivity contribution in [2.75, 3.05) is 77.0 Å². The Labute approximate surface area is 164 Å². The maximum Gasteiger partial charge on any atom is 0.194 e. The first-order chi connectivity index (χ1) is 13.4. The molecule has 1 aromatic carbocycles. The third-order valence-electron chi connectivity index (χ3n) is 5.28. The van der Waals surface area contributed by atoms with E-state index in [1.807, 2.05) is 0 Å². The number of piperazine rings is 1. The monoisotopic (exact) mass is 373 g/mol. The van der Waals surface area contributed by atoms with E-state index in [1.54, 1.807) is 0 Å². The van der Waals surface area contributed by atoms with Gasteiger partial charge < -0.3 is 19.9 Å². The second-order valence-corrected chi connectivity index (χ2v) is 7.21. The van der Waals surface area contributed by atoms with Gasteiger partial charge in [-0.2, -0.15) is 0 Å². The number of benzene rings is 1. The summed E-state index contributed by atoms with van der Waals surface area (Å²) in [7, 11) is 0. The number of anilines is 1. The van der Waals surface area contributed by atoms with Gasteiger partial charge in [-0.15, -0.1) is 0 Å². The van der Waals surface area contributed by atoms with E-state index in [4.69, 9.17) is 9.73 Å². The number of rotatable bonds is 7. The quantitative estimate of drug-likeness (QED) is 0.449. The molecule has 2 aliphatic rings. The van der Waals surface area contributed by atoms with Crippen molar-refractivity contribution >= 4 is 11.6 Å². The SMILES string of the molecule is CCNC(=NCCCCN1CCOCC1)N1CCN(c2ccccc2)CC1. The van der Waals surface area contributed by atoms with Gasteiger partial charge >= 0.3 is 0 Å². The Balaban J connectivity index is 1.40. The highest BCUT2D eigenvalue weighted by Gasteiger charge is 2.19. The Morgan fingerprint density at radius 1 is 1.00 bits per heavy atom. The first-order valence-electron chi connectivity index (χ1n) is 10.5. The second kappa shape index (κ2) is 11.1. The molecular formula is C21H35N5O. The van der Waals surface area contributed by atoms with Gasteiger partial charge in [0.15, 0.2) is 5.96 Å². The third-order valence-corrected chi connectivity index (χ3v) is 5.28. The Morgan fingerprint density at radius 3 is 2.44 bits per heavy atom. The van der Waals surface area contributed by atoms with Gasteiger partial charge in [-0.25, -0.2) is 0 Å². The van der Waals surface area contributed by atoms with Gasteiger partial charge in [-0.1, -0.05) is 18.2 Å². The van der Waals surface area contributed by atoms with Gasteiger partial charge in [0.05, 0.1) is 13.2 Å². The van der Waals surface area contributed by atoms with Crippen molar-refractivity contribution in [3.05, 3.63) is 30.3 Å². The highest BCUT2D eigenvalue weighted by molar-refractivity contribution is 5.80. The van der Waals surface area contributed by atoms with Crippen molar-refractivity contribution in [3.8, 4) is 0 Å². The molecule has 0 unspecified atom stereocenters. The van der Waals surface area contributed by atoms with Crippen LogP contribution in [0.15, 0.2) is 35.3 Å². The molecule has 0 aliphatic carbocycles. The average molecular weight is 374 g/mol. The predicted molar refractivity (Wildman–Crippen MR) is 113 cm³/mol. The lowest BCUT2D eigenvalue weighted by atomic mass is 10.2. The van der Waals surface area contributed by atoms with Gasteiger partial charge in [0, 0.05) is 58.0 Å². The first-order valence-corrected chi connectivity index (χ1v) is 10.5. The van der Waals surface area contributed by atoms with Gasteiger partial charge in [0.2, 0.25) is 0 Å². The summed E-state index contributed by atoms with van der Waals surface area (Å²) in [5.41, 5.74) is 1.32. The van der Waals surface area contributed by atoms with E-state index >= 15 is 0 Å². The van der Waals surface area contributed by atoms with E-state index in [1.165, 1.54) is 18.7 Å². The van der Waals surface area contributed by atoms with E-state index < -0.39 is 0 Å². The molecule has 0 spiro atoms. The van der Waals surface area contributed by atoms with Crippen LogP contribution < -0.4 is 10.2 Å². The number of nitrogens with zero attached hydrogens (tertiary/aromatic N) is 4. The van der Waals surface area contributed by atoms with Crippen LogP contribution >= 0.6 is 0 Å². The number of guanidine groups is 1. The van der Waals surface area contributed by atoms with E-state index in [0.717, 1.165) is 78.0 Å². The number of ether oxygens (including phenoxy) is 1. The molecule has 2 fully saturated rings. The molecule has 1 N–H and O–H groups in total. The van der Waals surface area contributed by atoms with Crippen LogP contribution in [0.5, 0.6) is 0 Å². The first kappa shape index (κ1) is 20.0. The summed E-state index contributed by atoms with van der Waals surface area (Å²) < 4.78 is 5.41. The summed E-state index contributed by atoms with van der Waals surface area (Å²) in [6.45, 7) is 13.2. The number of unbranched alkanes of at least 4 members (excludes halogenated alkanes) is 1. The fourth-order valence-electron chi connectivity index (χ4n) is 3.70. The number of nitrogens with one attached hydrogen (secondary N) is 1. The van der Waals surface area contributed by atoms with Crippen molar-refractivity contribution in [2.24, 2.45) is 4.99 Å². The Kier molecular flexibility index (Phi) is 8.24. The molecule has 2 aliphatic heterocycles. The highest BCUT2D eigenvalue weighted by Crippen LogP contribution is 2.15. The van der Waals surface area contributed by atoms with Crippen LogP contribution in [0.2, 0.25) is 0 Å². The van der Waals surface area contributed by atoms with Crippen molar-refractivity contribution in [1.82, 2.24) is 15.1 Å². The van der Waals surface area contributed by atoms with E-state index in [0.29, 0.717) is 0 Å². The van der Waals surface area contributed by atoms with Crippen LogP contribution in [0.4, 0.5) is 5.69 Å². The number of hydrogen-bond acceptors (Lipinski definition) is 4. The second-order valence-electron chi connectivity index (χ2n) is 7.21. The molecule has 0 atom stereocenters. The van der Waals surface area contributed by atoms with Gasteiger partial charge in [-0.05, 0) is 38.4 Å². The maximum absolute atomic E-state index is 5.41. The third kappa shape index (κ3) is 6.40. The maximum atomic E-state index is 5.41. The molecule has 2 saturated heterocycles. The van der Waals surface area contributed by atoms with Gasteiger partial charge in [-0.3, -0.25) is 9.89 Å². The lowest BCUT2D eigenvalue weighted by molar-refractivity contribution is 0.0373. The van der Waals surface area contributed by atoms with E-state index in [-0.39, 0.29) is 0 Å². The van der Waals surface area contributed by atoms with E-state index in [9.17, 15) is 0 Å². The average Bonchev–Trinajstić information content (AvgIpc) is 2.74. The zero-order valence-electron chi connectivity index (χ0n) is 16.8. The number of morpholine rings is 1. The molecule has 6 heteroatoms. The number of para-hydroxylation sites is 1. The van der Waals surface area contributed by atoms with Crippen LogP contribution in [-0.4, -0.2) is 87.9 Å². The Hall–Kier alpha value is -1.79. The Bertz CT molecular complexity index is 551. The molecule has 2 heterocycles. The van der Waals surface area contributed by atoms with Crippen LogP contribution in [-0.2, 0) is 4.74 Å². The summed E-state index contributed by atoms with van der Waals surface area (Å²) in [4.78, 5) is 12.3.